The molecule has 0 fully saturated rings. The fraction of sp³-hybridized carbons (Fsp3) is 0.0952. The first kappa shape index (κ1) is 19.6. The second-order valence-electron chi connectivity index (χ2n) is 5.90. The van der Waals surface area contributed by atoms with Crippen molar-refractivity contribution in [3.63, 3.8) is 0 Å². The van der Waals surface area contributed by atoms with E-state index in [0.29, 0.717) is 34.0 Å². The molecule has 3 rings (SSSR count). The number of nitrogens with one attached hydrogen (secondary N) is 2. The number of carbonyl (C=O) groups excluding carboxylic acids is 1. The zero-order chi connectivity index (χ0) is 20.8. The minimum Gasteiger partial charge on any atom is -0.497 e. The van der Waals surface area contributed by atoms with E-state index in [0.717, 1.165) is 0 Å². The summed E-state index contributed by atoms with van der Waals surface area (Å²) >= 11 is 0. The normalized spacial score (nSPS) is 10.9. The molecule has 146 valence electrons. The topological polar surface area (TPSA) is 100 Å². The van der Waals surface area contributed by atoms with Crippen molar-refractivity contribution in [2.45, 2.75) is 0 Å². The molecule has 29 heavy (non-hydrogen) atoms. The van der Waals surface area contributed by atoms with Gasteiger partial charge in [-0.25, -0.2) is 4.39 Å². The van der Waals surface area contributed by atoms with Gasteiger partial charge < -0.3 is 14.8 Å². The number of hydrogen-bond acceptors (Lipinski definition) is 5. The van der Waals surface area contributed by atoms with Crippen LogP contribution in [0.3, 0.4) is 0 Å². The number of amides is 1. The minimum absolute atomic E-state index is 0.139. The molecule has 2 aromatic carbocycles. The van der Waals surface area contributed by atoms with Gasteiger partial charge >= 0.3 is 0 Å². The zero-order valence-corrected chi connectivity index (χ0v) is 15.7. The number of anilines is 1. The Balaban J connectivity index is 1.90. The number of nitrogens with zero attached hydrogens (tertiary/aromatic N) is 2. The van der Waals surface area contributed by atoms with Crippen LogP contribution >= 0.6 is 0 Å². The number of carbonyl (C=O) groups is 1. The summed E-state index contributed by atoms with van der Waals surface area (Å²) in [6.07, 6.45) is 2.89. The highest BCUT2D eigenvalue weighted by Gasteiger charge is 2.15. The molecule has 0 saturated heterocycles. The van der Waals surface area contributed by atoms with Crippen molar-refractivity contribution >= 4 is 17.7 Å². The number of halogens is 1. The zero-order valence-electron chi connectivity index (χ0n) is 15.7. The smallest absolute Gasteiger partial charge is 0.266 e. The second-order valence-corrected chi connectivity index (χ2v) is 5.90. The van der Waals surface area contributed by atoms with Gasteiger partial charge in [-0.15, -0.1) is 0 Å². The summed E-state index contributed by atoms with van der Waals surface area (Å²) < 4.78 is 23.6. The molecule has 0 spiro atoms. The number of methoxy groups -OCH3 is 2. The van der Waals surface area contributed by atoms with Crippen LogP contribution in [-0.4, -0.2) is 30.3 Å². The van der Waals surface area contributed by atoms with Crippen molar-refractivity contribution in [1.82, 2.24) is 10.2 Å². The van der Waals surface area contributed by atoms with Crippen LogP contribution in [0.2, 0.25) is 0 Å². The maximum absolute atomic E-state index is 13.2. The van der Waals surface area contributed by atoms with E-state index < -0.39 is 5.91 Å². The molecule has 7 nitrogen and oxygen atoms in total. The van der Waals surface area contributed by atoms with Crippen molar-refractivity contribution in [3.8, 4) is 28.8 Å². The maximum atomic E-state index is 13.2. The van der Waals surface area contributed by atoms with Gasteiger partial charge in [0.2, 0.25) is 0 Å². The lowest BCUT2D eigenvalue weighted by Crippen LogP contribution is -2.14. The lowest BCUT2D eigenvalue weighted by atomic mass is 10.1. The Morgan fingerprint density at radius 1 is 1.21 bits per heavy atom. The van der Waals surface area contributed by atoms with Gasteiger partial charge in [-0.05, 0) is 42.5 Å². The van der Waals surface area contributed by atoms with Crippen molar-refractivity contribution in [2.75, 3.05) is 19.5 Å². The van der Waals surface area contributed by atoms with Crippen LogP contribution in [0.15, 0.2) is 54.2 Å². The molecule has 0 aliphatic heterocycles. The molecular formula is C21H17FN4O3. The van der Waals surface area contributed by atoms with Gasteiger partial charge in [0, 0.05) is 17.2 Å². The molecular weight excluding hydrogens is 375 g/mol. The Hall–Kier alpha value is -4.12. The Bertz CT molecular complexity index is 1100. The molecule has 3 aromatic rings. The van der Waals surface area contributed by atoms with Crippen molar-refractivity contribution in [3.05, 3.63) is 65.6 Å². The minimum atomic E-state index is -0.620. The van der Waals surface area contributed by atoms with Gasteiger partial charge in [-0.3, -0.25) is 9.89 Å². The molecule has 0 aliphatic rings. The summed E-state index contributed by atoms with van der Waals surface area (Å²) in [5.74, 6) is -0.0382. The number of hydrogen-bond donors (Lipinski definition) is 2. The third-order valence-corrected chi connectivity index (χ3v) is 4.12. The summed E-state index contributed by atoms with van der Waals surface area (Å²) in [5.41, 5.74) is 1.97. The number of aromatic amines is 1. The largest absolute Gasteiger partial charge is 0.497 e. The van der Waals surface area contributed by atoms with E-state index in [-0.39, 0.29) is 11.4 Å². The first-order valence-corrected chi connectivity index (χ1v) is 8.50. The van der Waals surface area contributed by atoms with Crippen molar-refractivity contribution in [1.29, 1.82) is 5.26 Å². The monoisotopic (exact) mass is 392 g/mol. The fourth-order valence-electron chi connectivity index (χ4n) is 2.66. The summed E-state index contributed by atoms with van der Waals surface area (Å²) in [6, 6.07) is 12.6. The van der Waals surface area contributed by atoms with Gasteiger partial charge in [-0.2, -0.15) is 10.4 Å². The summed E-state index contributed by atoms with van der Waals surface area (Å²) in [6.45, 7) is 0. The van der Waals surface area contributed by atoms with E-state index in [1.54, 1.807) is 30.3 Å². The van der Waals surface area contributed by atoms with Crippen LogP contribution in [0.1, 0.15) is 5.56 Å². The predicted molar refractivity (Wildman–Crippen MR) is 106 cm³/mol. The van der Waals surface area contributed by atoms with Gasteiger partial charge in [0.25, 0.3) is 5.91 Å². The molecule has 0 bridgehead atoms. The first-order valence-electron chi connectivity index (χ1n) is 8.50. The molecule has 1 aromatic heterocycles. The first-order chi connectivity index (χ1) is 14.0. The Labute approximate surface area is 166 Å². The molecule has 0 aliphatic carbocycles. The number of aromatic nitrogens is 2. The lowest BCUT2D eigenvalue weighted by molar-refractivity contribution is -0.112. The van der Waals surface area contributed by atoms with Crippen LogP contribution in [-0.2, 0) is 4.79 Å². The van der Waals surface area contributed by atoms with E-state index in [1.165, 1.54) is 38.6 Å². The van der Waals surface area contributed by atoms with E-state index in [9.17, 15) is 14.4 Å². The number of nitriles is 1. The van der Waals surface area contributed by atoms with E-state index in [1.807, 2.05) is 6.07 Å². The Morgan fingerprint density at radius 3 is 2.62 bits per heavy atom. The van der Waals surface area contributed by atoms with Crippen molar-refractivity contribution in [2.24, 2.45) is 0 Å². The Morgan fingerprint density at radius 2 is 1.97 bits per heavy atom. The fourth-order valence-corrected chi connectivity index (χ4v) is 2.66. The molecule has 0 radical (unpaired) electrons. The summed E-state index contributed by atoms with van der Waals surface area (Å²) in [7, 11) is 2.98. The summed E-state index contributed by atoms with van der Waals surface area (Å²) in [4.78, 5) is 12.7. The van der Waals surface area contributed by atoms with Gasteiger partial charge in [0.1, 0.15) is 29.0 Å². The van der Waals surface area contributed by atoms with Crippen LogP contribution in [0, 0.1) is 17.1 Å². The predicted octanol–water partition coefficient (Wildman–Crippen LogP) is 3.78. The molecule has 8 heteroatoms. The van der Waals surface area contributed by atoms with E-state index in [2.05, 4.69) is 15.5 Å². The molecule has 1 heterocycles. The van der Waals surface area contributed by atoms with Gasteiger partial charge in [-0.1, -0.05) is 0 Å². The quantitative estimate of drug-likeness (QED) is 0.491. The van der Waals surface area contributed by atoms with Crippen LogP contribution in [0.5, 0.6) is 11.5 Å². The number of ether oxygens (including phenoxy) is 2. The lowest BCUT2D eigenvalue weighted by Gasteiger charge is -2.11. The van der Waals surface area contributed by atoms with Gasteiger partial charge in [0.15, 0.2) is 0 Å². The summed E-state index contributed by atoms with van der Waals surface area (Å²) in [5, 5.41) is 18.9. The third-order valence-electron chi connectivity index (χ3n) is 4.12. The van der Waals surface area contributed by atoms with E-state index in [4.69, 9.17) is 9.47 Å². The standard InChI is InChI=1S/C21H17FN4O3/c1-28-17-7-8-19(29-2)18(10-17)25-21(27)14(11-23)9-15-12-24-26-20(15)13-3-5-16(22)6-4-13/h3-10,12H,1-2H3,(H,24,26)(H,25,27). The maximum Gasteiger partial charge on any atom is 0.266 e. The highest BCUT2D eigenvalue weighted by atomic mass is 19.1. The number of H-pyrrole nitrogens is 1. The molecule has 0 saturated carbocycles. The van der Waals surface area contributed by atoms with Crippen LogP contribution in [0.4, 0.5) is 10.1 Å². The van der Waals surface area contributed by atoms with Crippen LogP contribution in [0.25, 0.3) is 17.3 Å². The number of rotatable bonds is 6. The molecule has 2 N–H and O–H groups in total. The molecule has 0 atom stereocenters. The third kappa shape index (κ3) is 4.42. The molecule has 1 amide bonds. The molecule has 0 unspecified atom stereocenters. The SMILES string of the molecule is COc1ccc(OC)c(NC(=O)C(C#N)=Cc2cn[nH]c2-c2ccc(F)cc2)c1. The average molecular weight is 392 g/mol. The second kappa shape index (κ2) is 8.71. The highest BCUT2D eigenvalue weighted by molar-refractivity contribution is 6.10. The van der Waals surface area contributed by atoms with Gasteiger partial charge in [0.05, 0.1) is 31.8 Å². The highest BCUT2D eigenvalue weighted by Crippen LogP contribution is 2.29. The van der Waals surface area contributed by atoms with E-state index >= 15 is 0 Å². The number of benzene rings is 2. The van der Waals surface area contributed by atoms with Crippen molar-refractivity contribution < 1.29 is 18.7 Å². The van der Waals surface area contributed by atoms with Crippen LogP contribution < -0.4 is 14.8 Å². The Kier molecular flexibility index (Phi) is 5.90. The average Bonchev–Trinajstić information content (AvgIpc) is 3.20.